The molecule has 102 valence electrons. The smallest absolute Gasteiger partial charge is 0.305 e. The Bertz CT molecular complexity index is 764. The normalized spacial score (nSPS) is 11.3. The molecule has 0 radical (unpaired) electrons. The van der Waals surface area contributed by atoms with Crippen LogP contribution in [0.4, 0.5) is 8.78 Å². The van der Waals surface area contributed by atoms with Crippen molar-refractivity contribution in [1.82, 2.24) is 4.57 Å². The molecular formula is C15H11F2NO2. The van der Waals surface area contributed by atoms with E-state index in [1.807, 2.05) is 0 Å². The third-order valence-electron chi connectivity index (χ3n) is 3.34. The van der Waals surface area contributed by atoms with Crippen LogP contribution in [-0.2, 0) is 11.3 Å². The summed E-state index contributed by atoms with van der Waals surface area (Å²) in [5.74, 6) is -1.72. The van der Waals surface area contributed by atoms with Crippen molar-refractivity contribution >= 4 is 27.8 Å². The van der Waals surface area contributed by atoms with Gasteiger partial charge in [0.25, 0.3) is 0 Å². The van der Waals surface area contributed by atoms with E-state index in [1.165, 1.54) is 24.3 Å². The minimum absolute atomic E-state index is 0.0480. The molecule has 0 atom stereocenters. The van der Waals surface area contributed by atoms with Crippen molar-refractivity contribution in [2.75, 3.05) is 0 Å². The summed E-state index contributed by atoms with van der Waals surface area (Å²) in [6.45, 7) is 0.257. The third kappa shape index (κ3) is 2.01. The molecule has 0 saturated heterocycles. The van der Waals surface area contributed by atoms with Gasteiger partial charge in [-0.05, 0) is 36.4 Å². The predicted octanol–water partition coefficient (Wildman–Crippen LogP) is 3.55. The van der Waals surface area contributed by atoms with Crippen molar-refractivity contribution in [2.24, 2.45) is 0 Å². The summed E-state index contributed by atoms with van der Waals surface area (Å²) in [4.78, 5) is 10.7. The molecule has 0 bridgehead atoms. The Hall–Kier alpha value is -2.43. The molecule has 0 unspecified atom stereocenters. The molecule has 0 amide bonds. The number of carbonyl (C=O) groups is 1. The van der Waals surface area contributed by atoms with Gasteiger partial charge in [-0.1, -0.05) is 0 Å². The topological polar surface area (TPSA) is 42.2 Å². The zero-order chi connectivity index (χ0) is 14.3. The first-order valence-electron chi connectivity index (χ1n) is 6.15. The zero-order valence-electron chi connectivity index (χ0n) is 10.4. The summed E-state index contributed by atoms with van der Waals surface area (Å²) in [5.41, 5.74) is 1.40. The summed E-state index contributed by atoms with van der Waals surface area (Å²) < 4.78 is 28.6. The van der Waals surface area contributed by atoms with Gasteiger partial charge in [0, 0.05) is 28.4 Å². The highest BCUT2D eigenvalue weighted by atomic mass is 19.1. The highest BCUT2D eigenvalue weighted by Gasteiger charge is 2.12. The van der Waals surface area contributed by atoms with Crippen LogP contribution in [-0.4, -0.2) is 15.6 Å². The summed E-state index contributed by atoms with van der Waals surface area (Å²) >= 11 is 0. The van der Waals surface area contributed by atoms with Gasteiger partial charge in [-0.2, -0.15) is 0 Å². The number of aromatic nitrogens is 1. The van der Waals surface area contributed by atoms with Crippen LogP contribution in [0.1, 0.15) is 6.42 Å². The minimum Gasteiger partial charge on any atom is -0.481 e. The third-order valence-corrected chi connectivity index (χ3v) is 3.34. The van der Waals surface area contributed by atoms with Crippen molar-refractivity contribution in [2.45, 2.75) is 13.0 Å². The van der Waals surface area contributed by atoms with Crippen molar-refractivity contribution in [3.63, 3.8) is 0 Å². The van der Waals surface area contributed by atoms with E-state index in [0.717, 1.165) is 0 Å². The van der Waals surface area contributed by atoms with Gasteiger partial charge in [0.15, 0.2) is 0 Å². The first-order valence-corrected chi connectivity index (χ1v) is 6.15. The van der Waals surface area contributed by atoms with Crippen molar-refractivity contribution in [1.29, 1.82) is 0 Å². The lowest BCUT2D eigenvalue weighted by atomic mass is 10.1. The number of aliphatic carboxylic acids is 1. The molecule has 0 aliphatic rings. The van der Waals surface area contributed by atoms with Gasteiger partial charge >= 0.3 is 5.97 Å². The Labute approximate surface area is 113 Å². The Morgan fingerprint density at radius 3 is 1.95 bits per heavy atom. The van der Waals surface area contributed by atoms with E-state index in [1.54, 1.807) is 16.7 Å². The van der Waals surface area contributed by atoms with Crippen LogP contribution >= 0.6 is 0 Å². The largest absolute Gasteiger partial charge is 0.481 e. The Morgan fingerprint density at radius 1 is 1.00 bits per heavy atom. The van der Waals surface area contributed by atoms with Gasteiger partial charge in [-0.25, -0.2) is 8.78 Å². The van der Waals surface area contributed by atoms with Gasteiger partial charge < -0.3 is 9.67 Å². The molecule has 0 aliphatic carbocycles. The van der Waals surface area contributed by atoms with Crippen LogP contribution < -0.4 is 0 Å². The van der Waals surface area contributed by atoms with E-state index in [9.17, 15) is 13.6 Å². The quantitative estimate of drug-likeness (QED) is 0.794. The fraction of sp³-hybridized carbons (Fsp3) is 0.133. The maximum atomic E-state index is 13.4. The van der Waals surface area contributed by atoms with Crippen LogP contribution in [0.25, 0.3) is 21.8 Å². The molecule has 3 rings (SSSR count). The molecular weight excluding hydrogens is 264 g/mol. The van der Waals surface area contributed by atoms with Crippen LogP contribution in [0.15, 0.2) is 36.4 Å². The number of rotatable bonds is 3. The lowest BCUT2D eigenvalue weighted by molar-refractivity contribution is -0.137. The van der Waals surface area contributed by atoms with Crippen molar-refractivity contribution in [3.05, 3.63) is 48.0 Å². The molecule has 0 fully saturated rings. The van der Waals surface area contributed by atoms with Gasteiger partial charge in [0.2, 0.25) is 0 Å². The number of carboxylic acids is 1. The predicted molar refractivity (Wildman–Crippen MR) is 71.6 cm³/mol. The van der Waals surface area contributed by atoms with Crippen LogP contribution in [0.3, 0.4) is 0 Å². The monoisotopic (exact) mass is 275 g/mol. The SMILES string of the molecule is O=C(O)CCn1c2ccc(F)cc2c2cc(F)ccc21. The zero-order valence-corrected chi connectivity index (χ0v) is 10.4. The van der Waals surface area contributed by atoms with Crippen LogP contribution in [0.5, 0.6) is 0 Å². The molecule has 3 aromatic rings. The van der Waals surface area contributed by atoms with E-state index in [2.05, 4.69) is 0 Å². The molecule has 1 N–H and O–H groups in total. The number of nitrogens with zero attached hydrogens (tertiary/aromatic N) is 1. The molecule has 0 aliphatic heterocycles. The second-order valence-electron chi connectivity index (χ2n) is 4.62. The van der Waals surface area contributed by atoms with Gasteiger partial charge in [-0.15, -0.1) is 0 Å². The molecule has 5 heteroatoms. The molecule has 3 nitrogen and oxygen atoms in total. The molecule has 20 heavy (non-hydrogen) atoms. The second kappa shape index (κ2) is 4.59. The fourth-order valence-electron chi connectivity index (χ4n) is 2.50. The number of hydrogen-bond donors (Lipinski definition) is 1. The van der Waals surface area contributed by atoms with E-state index in [-0.39, 0.29) is 13.0 Å². The maximum absolute atomic E-state index is 13.4. The number of halogens is 2. The van der Waals surface area contributed by atoms with Gasteiger partial charge in [0.05, 0.1) is 6.42 Å². The Kier molecular flexibility index (Phi) is 2.89. The number of fused-ring (bicyclic) bond motifs is 3. The number of aryl methyl sites for hydroxylation is 1. The highest BCUT2D eigenvalue weighted by molar-refractivity contribution is 6.08. The van der Waals surface area contributed by atoms with Gasteiger partial charge in [0.1, 0.15) is 11.6 Å². The number of carboxylic acid groups (broad SMARTS) is 1. The molecule has 1 aromatic heterocycles. The first kappa shape index (κ1) is 12.6. The molecule has 0 spiro atoms. The number of benzene rings is 2. The molecule has 2 aromatic carbocycles. The molecule has 0 saturated carbocycles. The Balaban J connectivity index is 2.31. The fourth-order valence-corrected chi connectivity index (χ4v) is 2.50. The van der Waals surface area contributed by atoms with E-state index in [4.69, 9.17) is 5.11 Å². The summed E-state index contributed by atoms with van der Waals surface area (Å²) in [7, 11) is 0. The van der Waals surface area contributed by atoms with Crippen molar-refractivity contribution < 1.29 is 18.7 Å². The Morgan fingerprint density at radius 2 is 1.50 bits per heavy atom. The van der Waals surface area contributed by atoms with Gasteiger partial charge in [-0.3, -0.25) is 4.79 Å². The second-order valence-corrected chi connectivity index (χ2v) is 4.62. The van der Waals surface area contributed by atoms with Crippen LogP contribution in [0, 0.1) is 11.6 Å². The molecule has 1 heterocycles. The summed E-state index contributed by atoms with van der Waals surface area (Å²) in [5, 5.41) is 9.99. The lowest BCUT2D eigenvalue weighted by Gasteiger charge is -2.05. The number of hydrogen-bond acceptors (Lipinski definition) is 1. The standard InChI is InChI=1S/C15H11F2NO2/c16-9-1-3-13-11(7-9)12-8-10(17)2-4-14(12)18(13)6-5-15(19)20/h1-4,7-8H,5-6H2,(H,19,20). The lowest BCUT2D eigenvalue weighted by Crippen LogP contribution is -2.04. The minimum atomic E-state index is -0.913. The summed E-state index contributed by atoms with van der Waals surface area (Å²) in [6.07, 6.45) is -0.0480. The van der Waals surface area contributed by atoms with E-state index < -0.39 is 17.6 Å². The average Bonchev–Trinajstić information content (AvgIpc) is 2.69. The first-order chi connectivity index (χ1) is 9.56. The summed E-state index contributed by atoms with van der Waals surface area (Å²) in [6, 6.07) is 8.49. The maximum Gasteiger partial charge on any atom is 0.305 e. The van der Waals surface area contributed by atoms with Crippen molar-refractivity contribution in [3.8, 4) is 0 Å². The highest BCUT2D eigenvalue weighted by Crippen LogP contribution is 2.30. The average molecular weight is 275 g/mol. The van der Waals surface area contributed by atoms with E-state index >= 15 is 0 Å². The van der Waals surface area contributed by atoms with E-state index in [0.29, 0.717) is 21.8 Å². The van der Waals surface area contributed by atoms with Crippen LogP contribution in [0.2, 0.25) is 0 Å².